The standard InChI is InChI=1S/C29H38N6O5S.2H2/c1-18(2)39-12-13-40-28-20(4)14-21(16-32-28)23-10-9-22(26(33-23)35-17-19(3)15-29(35,5)6)27(36)34-41(37,38)24-8-7-11-31-25(24)30;;/h7-11,14,16,18-19H,12-13,15,17H2,1-6H3,(H2,30,31)(H,34,36);2*1H/t19-;;/m0../s1. The van der Waals surface area contributed by atoms with Crippen LogP contribution in [0.3, 0.4) is 0 Å². The molecule has 1 amide bonds. The number of hydrogen-bond donors (Lipinski definition) is 2. The first-order chi connectivity index (χ1) is 19.3. The Hall–Kier alpha value is -3.77. The third-order valence-electron chi connectivity index (χ3n) is 6.86. The molecule has 3 N–H and O–H groups in total. The van der Waals surface area contributed by atoms with Gasteiger partial charge in [0.15, 0.2) is 0 Å². The van der Waals surface area contributed by atoms with Gasteiger partial charge in [-0.15, -0.1) is 0 Å². The van der Waals surface area contributed by atoms with Crippen LogP contribution in [0.2, 0.25) is 0 Å². The summed E-state index contributed by atoms with van der Waals surface area (Å²) in [6.45, 7) is 13.6. The zero-order valence-corrected chi connectivity index (χ0v) is 25.2. The molecule has 1 aliphatic rings. The van der Waals surface area contributed by atoms with Crippen LogP contribution in [0.4, 0.5) is 11.6 Å². The van der Waals surface area contributed by atoms with Gasteiger partial charge in [0, 0.05) is 38.5 Å². The molecule has 1 saturated heterocycles. The van der Waals surface area contributed by atoms with Crippen LogP contribution in [0.25, 0.3) is 11.3 Å². The Morgan fingerprint density at radius 1 is 1.24 bits per heavy atom. The molecular formula is C29H42N6O5S. The normalized spacial score (nSPS) is 16.7. The monoisotopic (exact) mass is 586 g/mol. The van der Waals surface area contributed by atoms with Crippen molar-refractivity contribution in [1.29, 1.82) is 0 Å². The lowest BCUT2D eigenvalue weighted by molar-refractivity contribution is 0.0541. The lowest BCUT2D eigenvalue weighted by atomic mass is 9.97. The van der Waals surface area contributed by atoms with Gasteiger partial charge in [0.05, 0.1) is 24.0 Å². The third kappa shape index (κ3) is 6.94. The second-order valence-corrected chi connectivity index (χ2v) is 12.9. The summed E-state index contributed by atoms with van der Waals surface area (Å²) in [6.07, 6.45) is 4.06. The van der Waals surface area contributed by atoms with E-state index in [9.17, 15) is 13.2 Å². The molecule has 0 aliphatic carbocycles. The minimum Gasteiger partial charge on any atom is -0.475 e. The van der Waals surface area contributed by atoms with E-state index in [0.717, 1.165) is 17.5 Å². The highest BCUT2D eigenvalue weighted by Gasteiger charge is 2.39. The molecule has 41 heavy (non-hydrogen) atoms. The number of amides is 1. The number of nitrogens with one attached hydrogen (secondary N) is 1. The number of hydrogen-bond acceptors (Lipinski definition) is 10. The number of sulfonamides is 1. The SMILES string of the molecule is Cc1cc(-c2ccc(C(=O)NS(=O)(=O)c3cccnc3N)c(N3C[C@@H](C)CC3(C)C)n2)cnc1OCCOC(C)C.[HH].[HH]. The number of carbonyl (C=O) groups excluding carboxylic acids is 1. The summed E-state index contributed by atoms with van der Waals surface area (Å²) < 4.78 is 39.5. The molecular weight excluding hydrogens is 544 g/mol. The van der Waals surface area contributed by atoms with Gasteiger partial charge in [0.1, 0.15) is 23.1 Å². The van der Waals surface area contributed by atoms with E-state index in [1.807, 2.05) is 26.8 Å². The van der Waals surface area contributed by atoms with E-state index in [2.05, 4.69) is 40.4 Å². The van der Waals surface area contributed by atoms with E-state index >= 15 is 0 Å². The zero-order chi connectivity index (χ0) is 29.9. The van der Waals surface area contributed by atoms with Crippen molar-refractivity contribution >= 4 is 27.6 Å². The van der Waals surface area contributed by atoms with E-state index in [-0.39, 0.29) is 30.8 Å². The summed E-state index contributed by atoms with van der Waals surface area (Å²) >= 11 is 0. The number of nitrogen functional groups attached to an aromatic ring is 1. The first-order valence-electron chi connectivity index (χ1n) is 13.6. The van der Waals surface area contributed by atoms with Gasteiger partial charge in [-0.2, -0.15) is 0 Å². The summed E-state index contributed by atoms with van der Waals surface area (Å²) in [7, 11) is -4.27. The van der Waals surface area contributed by atoms with Crippen molar-refractivity contribution in [3.05, 3.63) is 53.9 Å². The molecule has 4 rings (SSSR count). The molecule has 1 atom stereocenters. The number of carbonyl (C=O) groups is 1. The van der Waals surface area contributed by atoms with Gasteiger partial charge in [-0.05, 0) is 77.3 Å². The first kappa shape index (κ1) is 30.2. The molecule has 224 valence electrons. The maximum absolute atomic E-state index is 13.5. The topological polar surface area (TPSA) is 150 Å². The fourth-order valence-electron chi connectivity index (χ4n) is 5.09. The Kier molecular flexibility index (Phi) is 8.83. The molecule has 0 unspecified atom stereocenters. The van der Waals surface area contributed by atoms with Crippen molar-refractivity contribution in [2.24, 2.45) is 5.92 Å². The number of anilines is 2. The highest BCUT2D eigenvalue weighted by Crippen LogP contribution is 2.38. The smallest absolute Gasteiger partial charge is 0.268 e. The van der Waals surface area contributed by atoms with Gasteiger partial charge in [-0.1, -0.05) is 6.92 Å². The van der Waals surface area contributed by atoms with Crippen LogP contribution in [0, 0.1) is 12.8 Å². The third-order valence-corrected chi connectivity index (χ3v) is 8.24. The highest BCUT2D eigenvalue weighted by atomic mass is 32.2. The van der Waals surface area contributed by atoms with Crippen molar-refractivity contribution in [3.63, 3.8) is 0 Å². The van der Waals surface area contributed by atoms with E-state index in [0.29, 0.717) is 43.1 Å². The molecule has 4 heterocycles. The summed E-state index contributed by atoms with van der Waals surface area (Å²) in [4.78, 5) is 28.5. The van der Waals surface area contributed by atoms with Gasteiger partial charge < -0.3 is 20.1 Å². The van der Waals surface area contributed by atoms with Crippen molar-refractivity contribution in [2.45, 2.75) is 64.5 Å². The van der Waals surface area contributed by atoms with Crippen LogP contribution in [-0.4, -0.2) is 60.7 Å². The predicted octanol–water partition coefficient (Wildman–Crippen LogP) is 4.47. The minimum absolute atomic E-state index is 0. The van der Waals surface area contributed by atoms with Crippen LogP contribution in [0.15, 0.2) is 47.6 Å². The second-order valence-electron chi connectivity index (χ2n) is 11.2. The summed E-state index contributed by atoms with van der Waals surface area (Å²) in [5.74, 6) is 0.252. The Balaban J connectivity index is 0.00000323. The summed E-state index contributed by atoms with van der Waals surface area (Å²) in [6, 6.07) is 7.94. The molecule has 0 aromatic carbocycles. The van der Waals surface area contributed by atoms with E-state index in [1.54, 1.807) is 18.3 Å². The highest BCUT2D eigenvalue weighted by molar-refractivity contribution is 7.90. The Morgan fingerprint density at radius 3 is 2.63 bits per heavy atom. The number of pyridine rings is 3. The number of rotatable bonds is 10. The average Bonchev–Trinajstić information content (AvgIpc) is 3.18. The van der Waals surface area contributed by atoms with Crippen molar-refractivity contribution in [3.8, 4) is 17.1 Å². The number of aromatic nitrogens is 3. The average molecular weight is 587 g/mol. The fourth-order valence-corrected chi connectivity index (χ4v) is 6.14. The molecule has 0 radical (unpaired) electrons. The predicted molar refractivity (Wildman–Crippen MR) is 162 cm³/mol. The summed E-state index contributed by atoms with van der Waals surface area (Å²) in [5.41, 5.74) is 7.76. The minimum atomic E-state index is -4.27. The van der Waals surface area contributed by atoms with Gasteiger partial charge in [-0.3, -0.25) is 4.79 Å². The van der Waals surface area contributed by atoms with Gasteiger partial charge in [0.25, 0.3) is 15.9 Å². The second kappa shape index (κ2) is 12.0. The molecule has 1 aliphatic heterocycles. The molecule has 0 spiro atoms. The number of aryl methyl sites for hydroxylation is 1. The Morgan fingerprint density at radius 2 is 2.00 bits per heavy atom. The van der Waals surface area contributed by atoms with Crippen molar-refractivity contribution in [1.82, 2.24) is 19.7 Å². The zero-order valence-electron chi connectivity index (χ0n) is 24.3. The van der Waals surface area contributed by atoms with Gasteiger partial charge in [0.2, 0.25) is 5.88 Å². The van der Waals surface area contributed by atoms with E-state index in [1.165, 1.54) is 18.3 Å². The molecule has 3 aromatic rings. The van der Waals surface area contributed by atoms with Crippen LogP contribution in [0.1, 0.15) is 59.8 Å². The largest absolute Gasteiger partial charge is 0.475 e. The van der Waals surface area contributed by atoms with Crippen LogP contribution in [-0.2, 0) is 14.8 Å². The van der Waals surface area contributed by atoms with Gasteiger partial charge in [-0.25, -0.2) is 28.1 Å². The number of nitrogens with zero attached hydrogens (tertiary/aromatic N) is 4. The van der Waals surface area contributed by atoms with Crippen LogP contribution < -0.4 is 20.1 Å². The fraction of sp³-hybridized carbons (Fsp3) is 0.448. The first-order valence-corrected chi connectivity index (χ1v) is 15.0. The maximum Gasteiger partial charge on any atom is 0.268 e. The molecule has 11 nitrogen and oxygen atoms in total. The van der Waals surface area contributed by atoms with Crippen LogP contribution >= 0.6 is 0 Å². The summed E-state index contributed by atoms with van der Waals surface area (Å²) in [5, 5.41) is 0. The van der Waals surface area contributed by atoms with Crippen molar-refractivity contribution in [2.75, 3.05) is 30.4 Å². The number of nitrogens with two attached hydrogens (primary N) is 1. The Labute approximate surface area is 244 Å². The molecule has 1 fully saturated rings. The molecule has 0 saturated carbocycles. The molecule has 3 aromatic heterocycles. The quantitative estimate of drug-likeness (QED) is 0.326. The lowest BCUT2D eigenvalue weighted by Gasteiger charge is -2.34. The number of ether oxygens (including phenoxy) is 2. The molecule has 12 heteroatoms. The maximum atomic E-state index is 13.5. The Bertz CT molecular complexity index is 1540. The van der Waals surface area contributed by atoms with Gasteiger partial charge >= 0.3 is 0 Å². The van der Waals surface area contributed by atoms with E-state index in [4.69, 9.17) is 20.2 Å². The lowest BCUT2D eigenvalue weighted by Crippen LogP contribution is -2.41. The van der Waals surface area contributed by atoms with Crippen molar-refractivity contribution < 1.29 is 25.5 Å². The molecule has 0 bridgehead atoms. The van der Waals surface area contributed by atoms with E-state index < -0.39 is 15.9 Å². The van der Waals surface area contributed by atoms with Crippen LogP contribution in [0.5, 0.6) is 5.88 Å².